The molecule has 1 aliphatic rings. The summed E-state index contributed by atoms with van der Waals surface area (Å²) in [4.78, 5) is 39.6. The number of methoxy groups -OCH3 is 2. The zero-order valence-electron chi connectivity index (χ0n) is 30.9. The van der Waals surface area contributed by atoms with E-state index in [9.17, 15) is 19.0 Å². The van der Waals surface area contributed by atoms with Gasteiger partial charge < -0.3 is 28.2 Å². The quantitative estimate of drug-likeness (QED) is 0.0452. The number of phosphoric ester groups is 1. The summed E-state index contributed by atoms with van der Waals surface area (Å²) in [6.07, 6.45) is -0.632. The lowest BCUT2D eigenvalue weighted by atomic mass is 9.80. The standard InChI is InChI=1S/C41H42ClN2O11P/c1-5-23-51-25-35-37(44-24-27(2)39(45)43-40(44)46)38(55-56(47,48)54-34-14-10-9-13-33(34)42)36(53-35)26-52-41(28-11-7-6-8-12-28,29-15-19-31(49-3)20-16-29)30-17-21-32(50-4)22-18-30/h5-22,24,35-38H,1,23,25-26H2,2-4H3,(H,47,48)(H,43,45,46)/t35-,36-,37-,38-/m0/s1. The highest BCUT2D eigenvalue weighted by atomic mass is 35.5. The number of ether oxygens (including phenoxy) is 5. The van der Waals surface area contributed by atoms with Gasteiger partial charge in [-0.2, -0.15) is 0 Å². The fourth-order valence-electron chi connectivity index (χ4n) is 6.73. The number of halogens is 1. The van der Waals surface area contributed by atoms with Gasteiger partial charge in [0.15, 0.2) is 0 Å². The lowest BCUT2D eigenvalue weighted by molar-refractivity contribution is -0.0901. The lowest BCUT2D eigenvalue weighted by Crippen LogP contribution is -2.43. The molecule has 1 aliphatic heterocycles. The highest BCUT2D eigenvalue weighted by molar-refractivity contribution is 7.47. The third-order valence-corrected chi connectivity index (χ3v) is 10.6. The SMILES string of the molecule is C=CCOC[C@@H]1O[C@@H](COC(c2ccccc2)(c2ccc(OC)cc2)c2ccc(OC)cc2)[C@H](OP(=O)(O)Oc2ccccc2Cl)[C@H]1n1cc(C)c(=O)[nH]c1=O. The van der Waals surface area contributed by atoms with Crippen LogP contribution in [-0.2, 0) is 28.9 Å². The highest BCUT2D eigenvalue weighted by Gasteiger charge is 2.52. The summed E-state index contributed by atoms with van der Waals surface area (Å²) in [5.41, 5.74) is -0.324. The van der Waals surface area contributed by atoms with Gasteiger partial charge in [0.25, 0.3) is 5.56 Å². The van der Waals surface area contributed by atoms with Crippen molar-refractivity contribution in [1.82, 2.24) is 9.55 Å². The van der Waals surface area contributed by atoms with Crippen LogP contribution in [0.5, 0.6) is 17.2 Å². The van der Waals surface area contributed by atoms with Crippen molar-refractivity contribution in [1.29, 1.82) is 0 Å². The summed E-state index contributed by atoms with van der Waals surface area (Å²) in [7, 11) is -1.88. The number of aryl methyl sites for hydroxylation is 1. The third-order valence-electron chi connectivity index (χ3n) is 9.36. The molecule has 0 bridgehead atoms. The van der Waals surface area contributed by atoms with E-state index in [1.807, 2.05) is 78.9 Å². The predicted octanol–water partition coefficient (Wildman–Crippen LogP) is 6.60. The fourth-order valence-corrected chi connectivity index (χ4v) is 7.98. The van der Waals surface area contributed by atoms with Crippen molar-refractivity contribution in [3.63, 3.8) is 0 Å². The van der Waals surface area contributed by atoms with Gasteiger partial charge in [-0.25, -0.2) is 9.36 Å². The van der Waals surface area contributed by atoms with Crippen molar-refractivity contribution >= 4 is 19.4 Å². The zero-order valence-corrected chi connectivity index (χ0v) is 32.6. The maximum Gasteiger partial charge on any atom is 0.527 e. The smallest absolute Gasteiger partial charge is 0.497 e. The Bertz CT molecular complexity index is 2220. The van der Waals surface area contributed by atoms with Gasteiger partial charge in [-0.3, -0.25) is 23.8 Å². The summed E-state index contributed by atoms with van der Waals surface area (Å²) < 4.78 is 57.1. The van der Waals surface area contributed by atoms with E-state index in [-0.39, 0.29) is 36.2 Å². The van der Waals surface area contributed by atoms with E-state index in [0.29, 0.717) is 11.5 Å². The number of benzene rings is 4. The summed E-state index contributed by atoms with van der Waals surface area (Å²) in [6, 6.07) is 29.3. The molecule has 0 saturated carbocycles. The normalized spacial score (nSPS) is 19.2. The first-order chi connectivity index (χ1) is 27.0. The number of hydrogen-bond acceptors (Lipinski definition) is 10. The largest absolute Gasteiger partial charge is 0.527 e. The molecule has 5 atom stereocenters. The number of H-pyrrole nitrogens is 1. The average molecular weight is 805 g/mol. The first kappa shape index (κ1) is 40.7. The number of aromatic amines is 1. The van der Waals surface area contributed by atoms with E-state index in [4.69, 9.17) is 44.3 Å². The monoisotopic (exact) mass is 804 g/mol. The molecular weight excluding hydrogens is 763 g/mol. The molecule has 1 aromatic heterocycles. The Labute approximate surface area is 328 Å². The van der Waals surface area contributed by atoms with Crippen molar-refractivity contribution in [3.8, 4) is 17.2 Å². The summed E-state index contributed by atoms with van der Waals surface area (Å²) in [5.74, 6) is 1.15. The van der Waals surface area contributed by atoms with Crippen LogP contribution in [0.4, 0.5) is 0 Å². The first-order valence-corrected chi connectivity index (χ1v) is 19.5. The second-order valence-corrected chi connectivity index (χ2v) is 14.6. The molecule has 2 N–H and O–H groups in total. The Morgan fingerprint density at radius 2 is 1.46 bits per heavy atom. The predicted molar refractivity (Wildman–Crippen MR) is 210 cm³/mol. The summed E-state index contributed by atoms with van der Waals surface area (Å²) >= 11 is 6.28. The minimum Gasteiger partial charge on any atom is -0.497 e. The molecule has 0 spiro atoms. The van der Waals surface area contributed by atoms with E-state index in [0.717, 1.165) is 16.7 Å². The molecule has 56 heavy (non-hydrogen) atoms. The molecule has 15 heteroatoms. The Morgan fingerprint density at radius 3 is 2.05 bits per heavy atom. The minimum absolute atomic E-state index is 0.0688. The van der Waals surface area contributed by atoms with E-state index in [2.05, 4.69) is 11.6 Å². The lowest BCUT2D eigenvalue weighted by Gasteiger charge is -2.37. The van der Waals surface area contributed by atoms with Crippen LogP contribution in [0.1, 0.15) is 28.3 Å². The number of para-hydroxylation sites is 1. The molecule has 13 nitrogen and oxygen atoms in total. The van der Waals surface area contributed by atoms with Gasteiger partial charge in [0.05, 0.1) is 45.1 Å². The Balaban J connectivity index is 1.49. The van der Waals surface area contributed by atoms with Crippen molar-refractivity contribution in [2.75, 3.05) is 34.0 Å². The third kappa shape index (κ3) is 8.85. The van der Waals surface area contributed by atoms with Crippen molar-refractivity contribution in [3.05, 3.63) is 170 Å². The molecule has 0 aliphatic carbocycles. The van der Waals surface area contributed by atoms with E-state index in [1.165, 1.54) is 29.8 Å². The molecule has 1 saturated heterocycles. The molecule has 6 rings (SSSR count). The number of rotatable bonds is 17. The number of nitrogens with zero attached hydrogens (tertiary/aromatic N) is 1. The molecule has 1 fully saturated rings. The van der Waals surface area contributed by atoms with Crippen LogP contribution in [0.15, 0.2) is 132 Å². The van der Waals surface area contributed by atoms with Crippen LogP contribution in [0.25, 0.3) is 0 Å². The highest BCUT2D eigenvalue weighted by Crippen LogP contribution is 2.51. The first-order valence-electron chi connectivity index (χ1n) is 17.6. The van der Waals surface area contributed by atoms with Crippen LogP contribution in [0.2, 0.25) is 5.02 Å². The van der Waals surface area contributed by atoms with Crippen molar-refractivity contribution < 1.29 is 42.2 Å². The van der Waals surface area contributed by atoms with Crippen molar-refractivity contribution in [2.45, 2.75) is 36.9 Å². The number of hydrogen-bond donors (Lipinski definition) is 2. The number of phosphoric acid groups is 1. The number of nitrogens with one attached hydrogen (secondary N) is 1. The van der Waals surface area contributed by atoms with Gasteiger partial charge in [0, 0.05) is 11.8 Å². The molecule has 294 valence electrons. The molecule has 5 aromatic rings. The molecular formula is C41H42ClN2O11P. The van der Waals surface area contributed by atoms with Crippen LogP contribution in [-0.4, -0.2) is 66.8 Å². The van der Waals surface area contributed by atoms with Crippen molar-refractivity contribution in [2.24, 2.45) is 0 Å². The van der Waals surface area contributed by atoms with Crippen LogP contribution < -0.4 is 25.2 Å². The van der Waals surface area contributed by atoms with E-state index >= 15 is 0 Å². The Kier molecular flexibility index (Phi) is 13.0. The minimum atomic E-state index is -5.03. The zero-order chi connectivity index (χ0) is 39.9. The second-order valence-electron chi connectivity index (χ2n) is 12.9. The molecule has 1 unspecified atom stereocenters. The average Bonchev–Trinajstić information content (AvgIpc) is 3.53. The van der Waals surface area contributed by atoms with Gasteiger partial charge in [0.1, 0.15) is 41.2 Å². The summed E-state index contributed by atoms with van der Waals surface area (Å²) in [5, 5.41) is 0.0688. The van der Waals surface area contributed by atoms with E-state index in [1.54, 1.807) is 32.4 Å². The maximum absolute atomic E-state index is 13.9. The molecule has 0 amide bonds. The summed E-state index contributed by atoms with van der Waals surface area (Å²) in [6.45, 7) is 5.01. The van der Waals surface area contributed by atoms with E-state index < -0.39 is 49.0 Å². The van der Waals surface area contributed by atoms with Crippen LogP contribution in [0.3, 0.4) is 0 Å². The maximum atomic E-state index is 13.9. The van der Waals surface area contributed by atoms with Gasteiger partial charge in [-0.1, -0.05) is 84.4 Å². The second kappa shape index (κ2) is 17.9. The van der Waals surface area contributed by atoms with Gasteiger partial charge in [-0.15, -0.1) is 6.58 Å². The van der Waals surface area contributed by atoms with Crippen LogP contribution in [0, 0.1) is 6.92 Å². The molecule has 0 radical (unpaired) electrons. The Hall–Kier alpha value is -4.98. The van der Waals surface area contributed by atoms with Gasteiger partial charge in [0.2, 0.25) is 0 Å². The fraction of sp³-hybridized carbons (Fsp3) is 0.268. The van der Waals surface area contributed by atoms with Crippen LogP contribution >= 0.6 is 19.4 Å². The number of aromatic nitrogens is 2. The molecule has 2 heterocycles. The van der Waals surface area contributed by atoms with Gasteiger partial charge in [-0.05, 0) is 60.0 Å². The Morgan fingerprint density at radius 1 is 0.875 bits per heavy atom. The topological polar surface area (TPSA) is 157 Å². The van der Waals surface area contributed by atoms with Gasteiger partial charge >= 0.3 is 13.5 Å². The molecule has 4 aromatic carbocycles.